The lowest BCUT2D eigenvalue weighted by Gasteiger charge is -2.12. The van der Waals surface area contributed by atoms with Crippen molar-refractivity contribution in [3.8, 4) is 5.75 Å². The Bertz CT molecular complexity index is 909. The Balaban J connectivity index is 1.56. The molecule has 0 radical (unpaired) electrons. The highest BCUT2D eigenvalue weighted by atomic mass is 19.4. The van der Waals surface area contributed by atoms with Crippen LogP contribution in [0.3, 0.4) is 0 Å². The molecule has 7 heteroatoms. The number of nitrogens with zero attached hydrogens (tertiary/aromatic N) is 1. The van der Waals surface area contributed by atoms with E-state index < -0.39 is 11.7 Å². The van der Waals surface area contributed by atoms with Gasteiger partial charge in [-0.3, -0.25) is 0 Å². The second kappa shape index (κ2) is 7.58. The Kier molecular flexibility index (Phi) is 5.36. The molecule has 0 atom stereocenters. The number of aromatic nitrogens is 1. The Morgan fingerprint density at radius 2 is 1.61 bits per heavy atom. The van der Waals surface area contributed by atoms with Crippen LogP contribution in [0, 0.1) is 0 Å². The molecule has 0 amide bonds. The third-order valence-corrected chi connectivity index (χ3v) is 4.06. The predicted octanol–water partition coefficient (Wildman–Crippen LogP) is 6.31. The summed E-state index contributed by atoms with van der Waals surface area (Å²) in [5, 5.41) is 7.15. The number of nitrogens with one attached hydrogen (secondary N) is 1. The number of rotatable bonds is 5. The van der Waals surface area contributed by atoms with Crippen molar-refractivity contribution in [1.82, 2.24) is 5.16 Å². The van der Waals surface area contributed by atoms with Gasteiger partial charge in [-0.05, 0) is 42.0 Å². The van der Waals surface area contributed by atoms with Gasteiger partial charge in [0.05, 0.1) is 5.56 Å². The lowest BCUT2D eigenvalue weighted by molar-refractivity contribution is -0.137. The molecule has 0 unspecified atom stereocenters. The van der Waals surface area contributed by atoms with Gasteiger partial charge in [-0.25, -0.2) is 0 Å². The summed E-state index contributed by atoms with van der Waals surface area (Å²) in [7, 11) is 0. The van der Waals surface area contributed by atoms with Gasteiger partial charge in [0.15, 0.2) is 5.82 Å². The second-order valence-electron chi connectivity index (χ2n) is 7.46. The number of ether oxygens (including phenoxy) is 1. The minimum absolute atomic E-state index is 0.122. The molecule has 0 saturated heterocycles. The smallest absolute Gasteiger partial charge is 0.416 e. The molecular formula is C21H21F3N2O2. The molecule has 0 saturated carbocycles. The van der Waals surface area contributed by atoms with Crippen molar-refractivity contribution in [3.05, 3.63) is 71.5 Å². The number of anilines is 2. The highest BCUT2D eigenvalue weighted by molar-refractivity contribution is 5.57. The van der Waals surface area contributed by atoms with Crippen molar-refractivity contribution in [2.24, 2.45) is 0 Å². The van der Waals surface area contributed by atoms with Crippen LogP contribution in [0.15, 0.2) is 59.1 Å². The van der Waals surface area contributed by atoms with E-state index in [0.717, 1.165) is 23.6 Å². The van der Waals surface area contributed by atoms with Gasteiger partial charge in [-0.1, -0.05) is 38.1 Å². The van der Waals surface area contributed by atoms with Crippen LogP contribution in [0.4, 0.5) is 24.7 Å². The zero-order chi connectivity index (χ0) is 20.4. The Morgan fingerprint density at radius 1 is 0.964 bits per heavy atom. The fraction of sp³-hybridized carbons (Fsp3) is 0.286. The number of halogens is 3. The van der Waals surface area contributed by atoms with Crippen molar-refractivity contribution in [2.75, 3.05) is 5.32 Å². The van der Waals surface area contributed by atoms with Crippen molar-refractivity contribution >= 4 is 11.5 Å². The lowest BCUT2D eigenvalue weighted by Crippen LogP contribution is -2.09. The van der Waals surface area contributed by atoms with Crippen LogP contribution in [-0.2, 0) is 18.2 Å². The molecule has 0 aliphatic heterocycles. The van der Waals surface area contributed by atoms with E-state index in [2.05, 4.69) is 10.5 Å². The first-order chi connectivity index (χ1) is 13.1. The van der Waals surface area contributed by atoms with Gasteiger partial charge in [0.25, 0.3) is 0 Å². The number of hydrogen-bond acceptors (Lipinski definition) is 4. The van der Waals surface area contributed by atoms with Gasteiger partial charge in [0.2, 0.25) is 0 Å². The van der Waals surface area contributed by atoms with Crippen molar-refractivity contribution < 1.29 is 22.4 Å². The first kappa shape index (κ1) is 19.8. The Labute approximate surface area is 161 Å². The predicted molar refractivity (Wildman–Crippen MR) is 101 cm³/mol. The van der Waals surface area contributed by atoms with Gasteiger partial charge in [0.1, 0.15) is 18.1 Å². The van der Waals surface area contributed by atoms with Crippen LogP contribution in [0.25, 0.3) is 0 Å². The fourth-order valence-corrected chi connectivity index (χ4v) is 2.43. The highest BCUT2D eigenvalue weighted by Crippen LogP contribution is 2.29. The quantitative estimate of drug-likeness (QED) is 0.554. The molecule has 2 aromatic carbocycles. The first-order valence-electron chi connectivity index (χ1n) is 8.74. The second-order valence-corrected chi connectivity index (χ2v) is 7.46. The third kappa shape index (κ3) is 5.06. The van der Waals surface area contributed by atoms with Crippen LogP contribution >= 0.6 is 0 Å². The van der Waals surface area contributed by atoms with E-state index in [1.165, 1.54) is 12.1 Å². The van der Waals surface area contributed by atoms with E-state index in [4.69, 9.17) is 9.26 Å². The van der Waals surface area contributed by atoms with Gasteiger partial charge in [-0.15, -0.1) is 0 Å². The minimum atomic E-state index is -4.33. The molecule has 28 heavy (non-hydrogen) atoms. The zero-order valence-corrected chi connectivity index (χ0v) is 15.8. The summed E-state index contributed by atoms with van der Waals surface area (Å²) in [5.74, 6) is 2.01. The molecule has 148 valence electrons. The standard InChI is InChI=1S/C21H21F3N2O2/c1-20(2,3)18-12-19(26-28-18)25-16-8-10-17(11-9-16)27-13-14-4-6-15(7-5-14)21(22,23)24/h4-12H,13H2,1-3H3,(H,25,26). The molecule has 1 aromatic heterocycles. The summed E-state index contributed by atoms with van der Waals surface area (Å²) in [6.07, 6.45) is -4.33. The molecule has 0 aliphatic rings. The molecule has 3 aromatic rings. The van der Waals surface area contributed by atoms with Crippen LogP contribution in [0.2, 0.25) is 0 Å². The van der Waals surface area contributed by atoms with Gasteiger partial charge < -0.3 is 14.6 Å². The highest BCUT2D eigenvalue weighted by Gasteiger charge is 2.29. The summed E-state index contributed by atoms with van der Waals surface area (Å²) >= 11 is 0. The fourth-order valence-electron chi connectivity index (χ4n) is 2.43. The van der Waals surface area contributed by atoms with Crippen LogP contribution in [0.5, 0.6) is 5.75 Å². The van der Waals surface area contributed by atoms with E-state index in [-0.39, 0.29) is 12.0 Å². The molecule has 0 bridgehead atoms. The molecule has 0 fully saturated rings. The summed E-state index contributed by atoms with van der Waals surface area (Å²) in [6.45, 7) is 6.31. The van der Waals surface area contributed by atoms with Crippen LogP contribution in [-0.4, -0.2) is 5.16 Å². The van der Waals surface area contributed by atoms with Gasteiger partial charge >= 0.3 is 6.18 Å². The molecule has 1 heterocycles. The first-order valence-corrected chi connectivity index (χ1v) is 8.74. The maximum atomic E-state index is 12.6. The van der Waals surface area contributed by atoms with Crippen molar-refractivity contribution in [1.29, 1.82) is 0 Å². The average Bonchev–Trinajstić information content (AvgIpc) is 3.10. The molecule has 3 rings (SSSR count). The SMILES string of the molecule is CC(C)(C)c1cc(Nc2ccc(OCc3ccc(C(F)(F)F)cc3)cc2)no1. The summed E-state index contributed by atoms with van der Waals surface area (Å²) in [6, 6.07) is 14.0. The number of hydrogen-bond donors (Lipinski definition) is 1. The Morgan fingerprint density at radius 3 is 2.14 bits per heavy atom. The summed E-state index contributed by atoms with van der Waals surface area (Å²) < 4.78 is 48.7. The molecule has 0 spiro atoms. The molecule has 0 aliphatic carbocycles. The molecule has 1 N–H and O–H groups in total. The normalized spacial score (nSPS) is 12.1. The minimum Gasteiger partial charge on any atom is -0.489 e. The van der Waals surface area contributed by atoms with E-state index in [0.29, 0.717) is 17.1 Å². The summed E-state index contributed by atoms with van der Waals surface area (Å²) in [5.41, 5.74) is 0.681. The summed E-state index contributed by atoms with van der Waals surface area (Å²) in [4.78, 5) is 0. The maximum absolute atomic E-state index is 12.6. The van der Waals surface area contributed by atoms with Gasteiger partial charge in [-0.2, -0.15) is 13.2 Å². The third-order valence-electron chi connectivity index (χ3n) is 4.06. The number of alkyl halides is 3. The maximum Gasteiger partial charge on any atom is 0.416 e. The number of benzene rings is 2. The van der Waals surface area contributed by atoms with E-state index >= 15 is 0 Å². The monoisotopic (exact) mass is 390 g/mol. The van der Waals surface area contributed by atoms with E-state index in [1.807, 2.05) is 39.0 Å². The largest absolute Gasteiger partial charge is 0.489 e. The lowest BCUT2D eigenvalue weighted by atomic mass is 9.93. The molecule has 4 nitrogen and oxygen atoms in total. The molecular weight excluding hydrogens is 369 g/mol. The van der Waals surface area contributed by atoms with Crippen molar-refractivity contribution in [2.45, 2.75) is 39.0 Å². The van der Waals surface area contributed by atoms with Crippen LogP contribution < -0.4 is 10.1 Å². The zero-order valence-electron chi connectivity index (χ0n) is 15.8. The average molecular weight is 390 g/mol. The van der Waals surface area contributed by atoms with E-state index in [9.17, 15) is 13.2 Å². The topological polar surface area (TPSA) is 47.3 Å². The van der Waals surface area contributed by atoms with Gasteiger partial charge in [0, 0.05) is 17.2 Å². The Hall–Kier alpha value is -2.96. The van der Waals surface area contributed by atoms with Crippen molar-refractivity contribution in [3.63, 3.8) is 0 Å². The van der Waals surface area contributed by atoms with Crippen LogP contribution in [0.1, 0.15) is 37.7 Å². The van der Waals surface area contributed by atoms with E-state index in [1.54, 1.807) is 12.1 Å².